The van der Waals surface area contributed by atoms with E-state index < -0.39 is 14.4 Å². The van der Waals surface area contributed by atoms with E-state index in [0.29, 0.717) is 11.3 Å². The molecule has 0 aromatic heterocycles. The van der Waals surface area contributed by atoms with Crippen molar-refractivity contribution in [2.24, 2.45) is 10.8 Å². The summed E-state index contributed by atoms with van der Waals surface area (Å²) in [6.07, 6.45) is 17.2. The third kappa shape index (κ3) is 7.46. The molecule has 0 saturated heterocycles. The lowest BCUT2D eigenvalue weighted by atomic mass is 9.94. The zero-order valence-electron chi connectivity index (χ0n) is 25.5. The van der Waals surface area contributed by atoms with Gasteiger partial charge in [-0.3, -0.25) is 0 Å². The van der Waals surface area contributed by atoms with Gasteiger partial charge in [0.15, 0.2) is 0 Å². The standard InChI is InChI=1S/C36H52OP2/c1-35(2,3)33(27-29-19-11-7-12-20-29)38(31-23-15-9-16-24-31)39(37,32-25-17-10-18-26-32)34(36(4,5)6)28-30-21-13-8-14-22-30/h7-8,11-14,19-22,27-28,31-32H,9-10,15-18,23-26H2,1-6H3/b33-27-,34-28-/t38-,39+/m1/s1. The zero-order chi connectivity index (χ0) is 28.1. The Morgan fingerprint density at radius 2 is 1.13 bits per heavy atom. The Kier molecular flexibility index (Phi) is 10.2. The molecular weight excluding hydrogens is 510 g/mol. The van der Waals surface area contributed by atoms with Gasteiger partial charge < -0.3 is 4.57 Å². The molecule has 2 aromatic carbocycles. The Labute approximate surface area is 241 Å². The second-order valence-corrected chi connectivity index (χ2v) is 21.4. The minimum Gasteiger partial charge on any atom is -0.314 e. The Bertz CT molecular complexity index is 1150. The van der Waals surface area contributed by atoms with Gasteiger partial charge in [-0.25, -0.2) is 0 Å². The number of rotatable bonds is 7. The van der Waals surface area contributed by atoms with Crippen LogP contribution in [0, 0.1) is 10.8 Å². The highest BCUT2D eigenvalue weighted by molar-refractivity contribution is 8.37. The number of allylic oxidation sites excluding steroid dienone is 2. The molecule has 3 heteroatoms. The fourth-order valence-electron chi connectivity index (χ4n) is 6.67. The maximum Gasteiger partial charge on any atom is 0.139 e. The highest BCUT2D eigenvalue weighted by Gasteiger charge is 2.52. The molecule has 0 aliphatic heterocycles. The summed E-state index contributed by atoms with van der Waals surface area (Å²) >= 11 is 0. The third-order valence-corrected chi connectivity index (χ3v) is 20.0. The zero-order valence-corrected chi connectivity index (χ0v) is 27.2. The van der Waals surface area contributed by atoms with Crippen LogP contribution >= 0.6 is 14.4 Å². The maximum atomic E-state index is 16.7. The molecule has 0 N–H and O–H groups in total. The summed E-state index contributed by atoms with van der Waals surface area (Å²) in [5.74, 6) is 0. The summed E-state index contributed by atoms with van der Waals surface area (Å²) in [6, 6.07) is 21.6. The van der Waals surface area contributed by atoms with Crippen LogP contribution in [-0.4, -0.2) is 11.3 Å². The van der Waals surface area contributed by atoms with Crippen molar-refractivity contribution in [1.29, 1.82) is 0 Å². The molecule has 1 nitrogen and oxygen atoms in total. The first kappa shape index (κ1) is 30.5. The SMILES string of the molecule is CC(C)(C)/C(=C/c1ccccc1)[P@@](C1CCCCC1)[P@](=O)(/C(=C\c1ccccc1)C(C)(C)C)C1CCCCC1. The predicted molar refractivity (Wildman–Crippen MR) is 176 cm³/mol. The van der Waals surface area contributed by atoms with Gasteiger partial charge in [-0.05, 0) is 77.6 Å². The number of hydrogen-bond acceptors (Lipinski definition) is 1. The lowest BCUT2D eigenvalue weighted by molar-refractivity contribution is 0.474. The molecule has 0 heterocycles. The lowest BCUT2D eigenvalue weighted by Gasteiger charge is -2.48. The summed E-state index contributed by atoms with van der Waals surface area (Å²) in [7, 11) is -0.874. The van der Waals surface area contributed by atoms with Gasteiger partial charge in [0.1, 0.15) is 6.83 Å². The van der Waals surface area contributed by atoms with Crippen molar-refractivity contribution in [2.45, 2.75) is 117 Å². The Morgan fingerprint density at radius 3 is 1.59 bits per heavy atom. The van der Waals surface area contributed by atoms with Crippen LogP contribution < -0.4 is 0 Å². The molecule has 4 rings (SSSR count). The maximum absolute atomic E-state index is 16.7. The molecule has 0 spiro atoms. The van der Waals surface area contributed by atoms with Gasteiger partial charge in [-0.2, -0.15) is 0 Å². The molecule has 2 atom stereocenters. The minimum absolute atomic E-state index is 0.0426. The van der Waals surface area contributed by atoms with E-state index in [-0.39, 0.29) is 10.8 Å². The topological polar surface area (TPSA) is 17.1 Å². The van der Waals surface area contributed by atoms with Crippen molar-refractivity contribution >= 4 is 26.6 Å². The Hall–Kier alpha value is -1.42. The molecule has 2 saturated carbocycles. The summed E-state index contributed by atoms with van der Waals surface area (Å²) in [6.45, 7) is 11.3. The average Bonchev–Trinajstić information content (AvgIpc) is 2.92. The van der Waals surface area contributed by atoms with Crippen LogP contribution in [0.15, 0.2) is 71.3 Å². The monoisotopic (exact) mass is 562 g/mol. The molecule has 2 aliphatic carbocycles. The summed E-state index contributed by atoms with van der Waals surface area (Å²) in [5, 5.41) is 2.74. The van der Waals surface area contributed by atoms with Gasteiger partial charge in [0.25, 0.3) is 0 Å². The van der Waals surface area contributed by atoms with E-state index in [1.807, 2.05) is 0 Å². The van der Waals surface area contributed by atoms with Crippen LogP contribution in [0.1, 0.15) is 117 Å². The fraction of sp³-hybridized carbons (Fsp3) is 0.556. The summed E-state index contributed by atoms with van der Waals surface area (Å²) in [5.41, 5.74) is 3.09. The molecule has 212 valence electrons. The quantitative estimate of drug-likeness (QED) is 0.307. The van der Waals surface area contributed by atoms with Crippen LogP contribution in [0.4, 0.5) is 0 Å². The van der Waals surface area contributed by atoms with Gasteiger partial charge >= 0.3 is 0 Å². The van der Waals surface area contributed by atoms with Crippen molar-refractivity contribution < 1.29 is 4.57 Å². The first-order valence-electron chi connectivity index (χ1n) is 15.5. The highest BCUT2D eigenvalue weighted by Crippen LogP contribution is 2.92. The Morgan fingerprint density at radius 1 is 0.667 bits per heavy atom. The predicted octanol–water partition coefficient (Wildman–Crippen LogP) is 12.6. The second-order valence-electron chi connectivity index (χ2n) is 13.9. The van der Waals surface area contributed by atoms with Gasteiger partial charge in [0.05, 0.1) is 0 Å². The second kappa shape index (κ2) is 13.0. The third-order valence-electron chi connectivity index (χ3n) is 8.65. The van der Waals surface area contributed by atoms with Crippen molar-refractivity contribution in [3.8, 4) is 0 Å². The molecule has 2 aliphatic rings. The molecule has 0 bridgehead atoms. The first-order chi connectivity index (χ1) is 18.5. The van der Waals surface area contributed by atoms with Crippen LogP contribution in [0.3, 0.4) is 0 Å². The summed E-state index contributed by atoms with van der Waals surface area (Å²) in [4.78, 5) is 0. The van der Waals surface area contributed by atoms with E-state index in [2.05, 4.69) is 114 Å². The van der Waals surface area contributed by atoms with Gasteiger partial charge in [0, 0.05) is 5.66 Å². The molecular formula is C36H52OP2. The highest BCUT2D eigenvalue weighted by atomic mass is 32.1. The van der Waals surface area contributed by atoms with E-state index in [4.69, 9.17) is 0 Å². The molecule has 0 amide bonds. The number of hydrogen-bond donors (Lipinski definition) is 0. The largest absolute Gasteiger partial charge is 0.314 e. The van der Waals surface area contributed by atoms with E-state index in [0.717, 1.165) is 12.8 Å². The van der Waals surface area contributed by atoms with E-state index >= 15 is 4.57 Å². The van der Waals surface area contributed by atoms with Gasteiger partial charge in [0.2, 0.25) is 0 Å². The molecule has 0 radical (unpaired) electrons. The molecule has 39 heavy (non-hydrogen) atoms. The van der Waals surface area contributed by atoms with Crippen molar-refractivity contribution in [3.05, 3.63) is 82.4 Å². The van der Waals surface area contributed by atoms with E-state index in [1.165, 1.54) is 73.1 Å². The molecule has 2 fully saturated rings. The lowest BCUT2D eigenvalue weighted by Crippen LogP contribution is -2.25. The van der Waals surface area contributed by atoms with E-state index in [1.54, 1.807) is 0 Å². The average molecular weight is 563 g/mol. The summed E-state index contributed by atoms with van der Waals surface area (Å²) < 4.78 is 16.7. The normalized spacial score (nSPS) is 21.4. The minimum atomic E-state index is -2.80. The molecule has 2 aromatic rings. The van der Waals surface area contributed by atoms with Crippen LogP contribution in [-0.2, 0) is 4.57 Å². The Balaban J connectivity index is 2.03. The van der Waals surface area contributed by atoms with Gasteiger partial charge in [-0.15, -0.1) is 0 Å². The van der Waals surface area contributed by atoms with Crippen molar-refractivity contribution in [1.82, 2.24) is 0 Å². The van der Waals surface area contributed by atoms with Gasteiger partial charge in [-0.1, -0.05) is 147 Å². The van der Waals surface area contributed by atoms with E-state index in [9.17, 15) is 0 Å². The van der Waals surface area contributed by atoms with Crippen LogP contribution in [0.25, 0.3) is 12.2 Å². The first-order valence-corrected chi connectivity index (χ1v) is 19.3. The fourth-order valence-corrected chi connectivity index (χ4v) is 20.7. The van der Waals surface area contributed by atoms with Crippen molar-refractivity contribution in [3.63, 3.8) is 0 Å². The van der Waals surface area contributed by atoms with Crippen LogP contribution in [0.5, 0.6) is 0 Å². The van der Waals surface area contributed by atoms with Crippen molar-refractivity contribution in [2.75, 3.05) is 0 Å². The molecule has 0 unspecified atom stereocenters. The smallest absolute Gasteiger partial charge is 0.139 e. The number of benzene rings is 2. The van der Waals surface area contributed by atoms with Crippen LogP contribution in [0.2, 0.25) is 0 Å².